The van der Waals surface area contributed by atoms with Crippen LogP contribution >= 0.6 is 22.9 Å². The van der Waals surface area contributed by atoms with Gasteiger partial charge in [0.2, 0.25) is 11.0 Å². The Morgan fingerprint density at radius 3 is 2.70 bits per heavy atom. The number of anilines is 1. The number of thiazole rings is 1. The molecule has 1 amide bonds. The molecule has 0 aliphatic rings. The van der Waals surface area contributed by atoms with E-state index < -0.39 is 0 Å². The quantitative estimate of drug-likeness (QED) is 0.442. The fourth-order valence-corrected chi connectivity index (χ4v) is 3.93. The number of amides is 1. The predicted octanol–water partition coefficient (Wildman–Crippen LogP) is 4.86. The van der Waals surface area contributed by atoms with E-state index in [9.17, 15) is 4.79 Å². The molecule has 154 valence electrons. The van der Waals surface area contributed by atoms with Crippen molar-refractivity contribution in [3.63, 3.8) is 0 Å². The molecule has 30 heavy (non-hydrogen) atoms. The van der Waals surface area contributed by atoms with Crippen LogP contribution in [0.3, 0.4) is 0 Å². The number of aryl methyl sites for hydroxylation is 1. The van der Waals surface area contributed by atoms with Gasteiger partial charge in [-0.2, -0.15) is 9.78 Å². The molecule has 2 aromatic heterocycles. The first kappa shape index (κ1) is 20.2. The minimum absolute atomic E-state index is 0.173. The highest BCUT2D eigenvalue weighted by molar-refractivity contribution is 7.20. The van der Waals surface area contributed by atoms with Crippen molar-refractivity contribution in [1.29, 1.82) is 0 Å². The zero-order valence-electron chi connectivity index (χ0n) is 16.4. The monoisotopic (exact) mass is 442 g/mol. The summed E-state index contributed by atoms with van der Waals surface area (Å²) in [4.78, 5) is 17.0. The average Bonchev–Trinajstić information content (AvgIpc) is 3.31. The molecule has 9 heteroatoms. The smallest absolute Gasteiger partial charge is 0.228 e. The summed E-state index contributed by atoms with van der Waals surface area (Å²) < 4.78 is 13.5. The summed E-state index contributed by atoms with van der Waals surface area (Å²) in [7, 11) is 1.63. The maximum Gasteiger partial charge on any atom is 0.228 e. The second-order valence-electron chi connectivity index (χ2n) is 6.51. The summed E-state index contributed by atoms with van der Waals surface area (Å²) in [5.74, 6) is 1.82. The Morgan fingerprint density at radius 1 is 1.17 bits per heavy atom. The van der Waals surface area contributed by atoms with E-state index in [0.29, 0.717) is 21.7 Å². The van der Waals surface area contributed by atoms with Crippen LogP contribution in [0.1, 0.15) is 12.1 Å². The lowest BCUT2D eigenvalue weighted by atomic mass is 10.3. The first-order chi connectivity index (χ1) is 14.5. The number of benzene rings is 2. The molecule has 0 saturated heterocycles. The van der Waals surface area contributed by atoms with Gasteiger partial charge in [-0.05, 0) is 49.4 Å². The van der Waals surface area contributed by atoms with Crippen molar-refractivity contribution >= 4 is 44.9 Å². The maximum absolute atomic E-state index is 12.4. The predicted molar refractivity (Wildman–Crippen MR) is 118 cm³/mol. The zero-order valence-corrected chi connectivity index (χ0v) is 18.0. The van der Waals surface area contributed by atoms with Gasteiger partial charge in [0.1, 0.15) is 17.3 Å². The molecule has 0 saturated carbocycles. The number of carbonyl (C=O) groups excluding carboxylic acids is 1. The molecule has 0 spiro atoms. The highest BCUT2D eigenvalue weighted by Gasteiger charge is 2.15. The number of carbonyl (C=O) groups is 1. The van der Waals surface area contributed by atoms with Crippen molar-refractivity contribution in [2.24, 2.45) is 0 Å². The minimum Gasteiger partial charge on any atom is -0.497 e. The van der Waals surface area contributed by atoms with E-state index in [4.69, 9.17) is 21.1 Å². The van der Waals surface area contributed by atoms with Crippen molar-refractivity contribution in [3.8, 4) is 16.6 Å². The highest BCUT2D eigenvalue weighted by atomic mass is 35.5. The molecular weight excluding hydrogens is 424 g/mol. The highest BCUT2D eigenvalue weighted by Crippen LogP contribution is 2.30. The van der Waals surface area contributed by atoms with Gasteiger partial charge < -0.3 is 14.8 Å². The van der Waals surface area contributed by atoms with Crippen molar-refractivity contribution in [1.82, 2.24) is 14.8 Å². The second kappa shape index (κ2) is 8.73. The topological polar surface area (TPSA) is 78.3 Å². The van der Waals surface area contributed by atoms with Gasteiger partial charge in [-0.15, -0.1) is 0 Å². The number of aromatic nitrogens is 3. The van der Waals surface area contributed by atoms with Crippen LogP contribution in [0.25, 0.3) is 15.3 Å². The van der Waals surface area contributed by atoms with Crippen LogP contribution in [0.4, 0.5) is 5.82 Å². The maximum atomic E-state index is 12.4. The lowest BCUT2D eigenvalue weighted by molar-refractivity contribution is -0.116. The Kier molecular flexibility index (Phi) is 5.87. The molecule has 0 bridgehead atoms. The van der Waals surface area contributed by atoms with E-state index >= 15 is 0 Å². The number of nitrogens with one attached hydrogen (secondary N) is 1. The lowest BCUT2D eigenvalue weighted by Crippen LogP contribution is -2.17. The van der Waals surface area contributed by atoms with Gasteiger partial charge in [0.05, 0.1) is 36.0 Å². The number of hydrogen-bond acceptors (Lipinski definition) is 6. The fraction of sp³-hybridized carbons (Fsp3) is 0.190. The minimum atomic E-state index is -0.173. The van der Waals surface area contributed by atoms with Gasteiger partial charge in [-0.25, -0.2) is 4.98 Å². The van der Waals surface area contributed by atoms with Crippen LogP contribution in [0.2, 0.25) is 5.02 Å². The molecular formula is C21H19ClN4O3S. The Hall–Kier alpha value is -3.10. The Labute approximate surface area is 182 Å². The third-order valence-electron chi connectivity index (χ3n) is 4.28. The van der Waals surface area contributed by atoms with Gasteiger partial charge in [0.25, 0.3) is 0 Å². The number of halogens is 1. The lowest BCUT2D eigenvalue weighted by Gasteiger charge is -2.08. The summed E-state index contributed by atoms with van der Waals surface area (Å²) in [6.07, 6.45) is 0.198. The van der Waals surface area contributed by atoms with Gasteiger partial charge in [0, 0.05) is 11.1 Å². The molecule has 7 nitrogen and oxygen atoms in total. The Balaban J connectivity index is 1.45. The zero-order chi connectivity index (χ0) is 21.1. The molecule has 0 aliphatic heterocycles. The SMILES string of the molecule is COc1ccc2nc(-n3nc(C)cc3NC(=O)CCOc3ccc(Cl)cc3)sc2c1. The van der Waals surface area contributed by atoms with Gasteiger partial charge >= 0.3 is 0 Å². The second-order valence-corrected chi connectivity index (χ2v) is 7.96. The molecule has 4 aromatic rings. The molecule has 0 fully saturated rings. The fourth-order valence-electron chi connectivity index (χ4n) is 2.84. The van der Waals surface area contributed by atoms with Crippen LogP contribution in [0, 0.1) is 6.92 Å². The molecule has 0 unspecified atom stereocenters. The molecule has 4 rings (SSSR count). The van der Waals surface area contributed by atoms with E-state index in [0.717, 1.165) is 21.7 Å². The van der Waals surface area contributed by atoms with Crippen LogP contribution < -0.4 is 14.8 Å². The number of hydrogen-bond donors (Lipinski definition) is 1. The van der Waals surface area contributed by atoms with E-state index in [1.807, 2.05) is 31.2 Å². The standard InChI is InChI=1S/C21H19ClN4O3S/c1-13-11-19(24-20(27)9-10-29-15-5-3-14(22)4-6-15)26(25-13)21-23-17-8-7-16(28-2)12-18(17)30-21/h3-8,11-12H,9-10H2,1-2H3,(H,24,27). The van der Waals surface area contributed by atoms with Gasteiger partial charge in [-0.3, -0.25) is 4.79 Å². The van der Waals surface area contributed by atoms with E-state index in [2.05, 4.69) is 15.4 Å². The third kappa shape index (κ3) is 4.55. The largest absolute Gasteiger partial charge is 0.497 e. The van der Waals surface area contributed by atoms with Crippen LogP contribution in [0.15, 0.2) is 48.5 Å². The third-order valence-corrected chi connectivity index (χ3v) is 5.52. The number of ether oxygens (including phenoxy) is 2. The van der Waals surface area contributed by atoms with Crippen molar-refractivity contribution in [3.05, 3.63) is 59.2 Å². The molecule has 0 atom stereocenters. The van der Waals surface area contributed by atoms with Gasteiger partial charge in [0.15, 0.2) is 0 Å². The van der Waals surface area contributed by atoms with E-state index in [1.54, 1.807) is 36.1 Å². The first-order valence-electron chi connectivity index (χ1n) is 9.21. The van der Waals surface area contributed by atoms with Crippen molar-refractivity contribution in [2.45, 2.75) is 13.3 Å². The van der Waals surface area contributed by atoms with Crippen molar-refractivity contribution in [2.75, 3.05) is 19.0 Å². The molecule has 1 N–H and O–H groups in total. The van der Waals surface area contributed by atoms with Crippen LogP contribution in [-0.2, 0) is 4.79 Å². The molecule has 0 aliphatic carbocycles. The molecule has 2 heterocycles. The summed E-state index contributed by atoms with van der Waals surface area (Å²) in [6, 6.07) is 14.5. The van der Waals surface area contributed by atoms with E-state index in [1.165, 1.54) is 11.3 Å². The summed E-state index contributed by atoms with van der Waals surface area (Å²) in [6.45, 7) is 2.12. The molecule has 0 radical (unpaired) electrons. The number of rotatable bonds is 7. The normalized spacial score (nSPS) is 10.9. The van der Waals surface area contributed by atoms with Crippen LogP contribution in [0.5, 0.6) is 11.5 Å². The van der Waals surface area contributed by atoms with Crippen molar-refractivity contribution < 1.29 is 14.3 Å². The number of methoxy groups -OCH3 is 1. The van der Waals surface area contributed by atoms with E-state index in [-0.39, 0.29) is 18.9 Å². The number of nitrogens with zero attached hydrogens (tertiary/aromatic N) is 3. The Morgan fingerprint density at radius 2 is 1.93 bits per heavy atom. The summed E-state index contributed by atoms with van der Waals surface area (Å²) >= 11 is 7.33. The summed E-state index contributed by atoms with van der Waals surface area (Å²) in [5, 5.41) is 8.68. The molecule has 2 aromatic carbocycles. The summed E-state index contributed by atoms with van der Waals surface area (Å²) in [5.41, 5.74) is 1.62. The Bertz CT molecular complexity index is 1190. The van der Waals surface area contributed by atoms with Crippen LogP contribution in [-0.4, -0.2) is 34.4 Å². The van der Waals surface area contributed by atoms with Gasteiger partial charge in [-0.1, -0.05) is 22.9 Å². The number of fused-ring (bicyclic) bond motifs is 1. The average molecular weight is 443 g/mol. The first-order valence-corrected chi connectivity index (χ1v) is 10.4.